The molecule has 0 bridgehead atoms. The summed E-state index contributed by atoms with van der Waals surface area (Å²) in [5.41, 5.74) is 2.26. The molecule has 0 unspecified atom stereocenters. The SMILES string of the molecule is COCCOC(=O)Nc1cccc(NC(=O)c2cc3cc(Cl)ccc3[nH]2)c1. The molecule has 3 aromatic rings. The largest absolute Gasteiger partial charge is 0.447 e. The molecule has 3 rings (SSSR count). The van der Waals surface area contributed by atoms with E-state index in [1.807, 2.05) is 6.07 Å². The summed E-state index contributed by atoms with van der Waals surface area (Å²) in [7, 11) is 1.52. The maximum atomic E-state index is 12.5. The van der Waals surface area contributed by atoms with Gasteiger partial charge in [0.1, 0.15) is 12.3 Å². The van der Waals surface area contributed by atoms with Gasteiger partial charge in [0.15, 0.2) is 0 Å². The molecular weight excluding hydrogens is 370 g/mol. The Morgan fingerprint density at radius 1 is 1.04 bits per heavy atom. The van der Waals surface area contributed by atoms with Crippen LogP contribution in [-0.2, 0) is 9.47 Å². The minimum atomic E-state index is -0.594. The molecule has 2 amide bonds. The number of carbonyl (C=O) groups excluding carboxylic acids is 2. The molecule has 8 heteroatoms. The summed E-state index contributed by atoms with van der Waals surface area (Å²) in [4.78, 5) is 27.2. The number of fused-ring (bicyclic) bond motifs is 1. The molecule has 0 aliphatic carbocycles. The highest BCUT2D eigenvalue weighted by Crippen LogP contribution is 2.21. The number of hydrogen-bond donors (Lipinski definition) is 3. The lowest BCUT2D eigenvalue weighted by atomic mass is 10.2. The van der Waals surface area contributed by atoms with Gasteiger partial charge in [-0.15, -0.1) is 0 Å². The van der Waals surface area contributed by atoms with E-state index in [4.69, 9.17) is 21.1 Å². The van der Waals surface area contributed by atoms with Crippen LogP contribution in [0, 0.1) is 0 Å². The molecule has 0 saturated heterocycles. The number of aromatic amines is 1. The topological polar surface area (TPSA) is 92.4 Å². The van der Waals surface area contributed by atoms with Crippen molar-refractivity contribution in [2.24, 2.45) is 0 Å². The first-order chi connectivity index (χ1) is 13.0. The minimum absolute atomic E-state index is 0.156. The molecule has 1 heterocycles. The molecule has 0 spiro atoms. The van der Waals surface area contributed by atoms with Crippen molar-refractivity contribution in [3.63, 3.8) is 0 Å². The zero-order valence-electron chi connectivity index (χ0n) is 14.5. The van der Waals surface area contributed by atoms with Crippen LogP contribution in [0.1, 0.15) is 10.5 Å². The summed E-state index contributed by atoms with van der Waals surface area (Å²) in [5.74, 6) is -0.304. The van der Waals surface area contributed by atoms with Gasteiger partial charge in [-0.25, -0.2) is 4.79 Å². The van der Waals surface area contributed by atoms with Crippen LogP contribution in [0.3, 0.4) is 0 Å². The molecule has 1 aromatic heterocycles. The molecular formula is C19H18ClN3O4. The second kappa shape index (κ2) is 8.57. The highest BCUT2D eigenvalue weighted by Gasteiger charge is 2.11. The molecule has 27 heavy (non-hydrogen) atoms. The fraction of sp³-hybridized carbons (Fsp3) is 0.158. The molecule has 0 fully saturated rings. The number of benzene rings is 2. The van der Waals surface area contributed by atoms with Gasteiger partial charge in [-0.05, 0) is 42.5 Å². The number of H-pyrrole nitrogens is 1. The fourth-order valence-corrected chi connectivity index (χ4v) is 2.65. The third-order valence-electron chi connectivity index (χ3n) is 3.71. The zero-order chi connectivity index (χ0) is 19.2. The Labute approximate surface area is 160 Å². The zero-order valence-corrected chi connectivity index (χ0v) is 15.3. The summed E-state index contributed by atoms with van der Waals surface area (Å²) in [6, 6.07) is 13.8. The third kappa shape index (κ3) is 4.99. The van der Waals surface area contributed by atoms with Crippen LogP contribution in [0.15, 0.2) is 48.5 Å². The van der Waals surface area contributed by atoms with Crippen molar-refractivity contribution in [1.82, 2.24) is 4.98 Å². The molecule has 0 radical (unpaired) electrons. The number of nitrogens with one attached hydrogen (secondary N) is 3. The van der Waals surface area contributed by atoms with Gasteiger partial charge in [0, 0.05) is 34.4 Å². The summed E-state index contributed by atoms with van der Waals surface area (Å²) in [6.07, 6.45) is -0.594. The first kappa shape index (κ1) is 18.8. The van der Waals surface area contributed by atoms with Gasteiger partial charge in [0.2, 0.25) is 0 Å². The summed E-state index contributed by atoms with van der Waals surface area (Å²) < 4.78 is 9.75. The van der Waals surface area contributed by atoms with E-state index in [0.29, 0.717) is 28.7 Å². The molecule has 2 aromatic carbocycles. The average Bonchev–Trinajstić information content (AvgIpc) is 3.05. The van der Waals surface area contributed by atoms with Gasteiger partial charge >= 0.3 is 6.09 Å². The Balaban J connectivity index is 1.66. The maximum absolute atomic E-state index is 12.5. The molecule has 0 saturated carbocycles. The normalized spacial score (nSPS) is 10.6. The van der Waals surface area contributed by atoms with Gasteiger partial charge in [-0.1, -0.05) is 17.7 Å². The van der Waals surface area contributed by atoms with Crippen molar-refractivity contribution in [2.45, 2.75) is 0 Å². The van der Waals surface area contributed by atoms with Crippen LogP contribution in [0.25, 0.3) is 10.9 Å². The van der Waals surface area contributed by atoms with E-state index in [9.17, 15) is 9.59 Å². The van der Waals surface area contributed by atoms with Crippen molar-refractivity contribution >= 4 is 45.9 Å². The van der Waals surface area contributed by atoms with Crippen molar-refractivity contribution < 1.29 is 19.1 Å². The van der Waals surface area contributed by atoms with Gasteiger partial charge in [0.25, 0.3) is 5.91 Å². The minimum Gasteiger partial charge on any atom is -0.447 e. The predicted octanol–water partition coefficient (Wildman–Crippen LogP) is 4.27. The standard InChI is InChI=1S/C19H18ClN3O4/c1-26-7-8-27-19(25)22-15-4-2-3-14(11-15)21-18(24)17-10-12-9-13(20)5-6-16(12)23-17/h2-6,9-11,23H,7-8H2,1H3,(H,21,24)(H,22,25). The maximum Gasteiger partial charge on any atom is 0.411 e. The second-order valence-electron chi connectivity index (χ2n) is 5.70. The van der Waals surface area contributed by atoms with Crippen molar-refractivity contribution in [1.29, 1.82) is 0 Å². The van der Waals surface area contributed by atoms with Crippen molar-refractivity contribution in [2.75, 3.05) is 31.0 Å². The quantitative estimate of drug-likeness (QED) is 0.551. The van der Waals surface area contributed by atoms with Gasteiger partial charge in [-0.3, -0.25) is 10.1 Å². The van der Waals surface area contributed by atoms with E-state index in [0.717, 1.165) is 10.9 Å². The lowest BCUT2D eigenvalue weighted by Crippen LogP contribution is -2.17. The van der Waals surface area contributed by atoms with Gasteiger partial charge in [-0.2, -0.15) is 0 Å². The number of ether oxygens (including phenoxy) is 2. The number of aromatic nitrogens is 1. The third-order valence-corrected chi connectivity index (χ3v) is 3.95. The number of amides is 2. The molecule has 7 nitrogen and oxygen atoms in total. The summed E-state index contributed by atoms with van der Waals surface area (Å²) >= 11 is 5.97. The summed E-state index contributed by atoms with van der Waals surface area (Å²) in [5, 5.41) is 6.83. The van der Waals surface area contributed by atoms with Crippen LogP contribution in [-0.4, -0.2) is 37.3 Å². The van der Waals surface area contributed by atoms with E-state index in [1.165, 1.54) is 7.11 Å². The summed E-state index contributed by atoms with van der Waals surface area (Å²) in [6.45, 7) is 0.475. The molecule has 3 N–H and O–H groups in total. The fourth-order valence-electron chi connectivity index (χ4n) is 2.47. The first-order valence-corrected chi connectivity index (χ1v) is 8.55. The number of halogens is 1. The van der Waals surface area contributed by atoms with Crippen molar-refractivity contribution in [3.8, 4) is 0 Å². The van der Waals surface area contributed by atoms with E-state index in [2.05, 4.69) is 15.6 Å². The predicted molar refractivity (Wildman–Crippen MR) is 105 cm³/mol. The van der Waals surface area contributed by atoms with Crippen LogP contribution < -0.4 is 10.6 Å². The van der Waals surface area contributed by atoms with Crippen LogP contribution in [0.2, 0.25) is 5.02 Å². The molecule has 0 atom stereocenters. The average molecular weight is 388 g/mol. The van der Waals surface area contributed by atoms with E-state index >= 15 is 0 Å². The number of rotatable bonds is 6. The van der Waals surface area contributed by atoms with E-state index in [-0.39, 0.29) is 12.5 Å². The van der Waals surface area contributed by atoms with Crippen LogP contribution in [0.5, 0.6) is 0 Å². The van der Waals surface area contributed by atoms with E-state index < -0.39 is 6.09 Å². The Morgan fingerprint density at radius 2 is 1.81 bits per heavy atom. The van der Waals surface area contributed by atoms with E-state index in [1.54, 1.807) is 42.5 Å². The lowest BCUT2D eigenvalue weighted by Gasteiger charge is -2.09. The smallest absolute Gasteiger partial charge is 0.411 e. The van der Waals surface area contributed by atoms with Crippen LogP contribution >= 0.6 is 11.6 Å². The second-order valence-corrected chi connectivity index (χ2v) is 6.14. The first-order valence-electron chi connectivity index (χ1n) is 8.17. The number of anilines is 2. The Morgan fingerprint density at radius 3 is 2.59 bits per heavy atom. The van der Waals surface area contributed by atoms with Gasteiger partial charge in [0.05, 0.1) is 6.61 Å². The Bertz CT molecular complexity index is 970. The van der Waals surface area contributed by atoms with Gasteiger partial charge < -0.3 is 19.8 Å². The molecule has 0 aliphatic rings. The van der Waals surface area contributed by atoms with Crippen LogP contribution in [0.4, 0.5) is 16.2 Å². The highest BCUT2D eigenvalue weighted by molar-refractivity contribution is 6.31. The Kier molecular flexibility index (Phi) is 5.95. The highest BCUT2D eigenvalue weighted by atomic mass is 35.5. The monoisotopic (exact) mass is 387 g/mol. The number of methoxy groups -OCH3 is 1. The molecule has 0 aliphatic heterocycles. The lowest BCUT2D eigenvalue weighted by molar-refractivity contribution is 0.102. The molecule has 140 valence electrons. The number of hydrogen-bond acceptors (Lipinski definition) is 4. The Hall–Kier alpha value is -3.03. The van der Waals surface area contributed by atoms with Crippen molar-refractivity contribution in [3.05, 3.63) is 59.2 Å². The number of carbonyl (C=O) groups is 2.